The summed E-state index contributed by atoms with van der Waals surface area (Å²) in [4.78, 5) is 1.23. The van der Waals surface area contributed by atoms with Gasteiger partial charge in [0, 0.05) is 31.8 Å². The number of nitrogens with one attached hydrogen (secondary N) is 1. The van der Waals surface area contributed by atoms with Crippen LogP contribution in [-0.4, -0.2) is 7.05 Å². The molecule has 2 unspecified atom stereocenters. The second-order valence-corrected chi connectivity index (χ2v) is 8.81. The first-order chi connectivity index (χ1) is 9.58. The van der Waals surface area contributed by atoms with E-state index in [-0.39, 0.29) is 6.10 Å². The first kappa shape index (κ1) is 15.0. The van der Waals surface area contributed by atoms with Crippen molar-refractivity contribution in [2.24, 2.45) is 0 Å². The molecule has 1 aliphatic heterocycles. The molecule has 3 rings (SSSR count). The molecule has 0 amide bonds. The van der Waals surface area contributed by atoms with Crippen LogP contribution in [0, 0.1) is 0 Å². The molecule has 1 aromatic carbocycles. The van der Waals surface area contributed by atoms with Crippen molar-refractivity contribution in [1.29, 1.82) is 0 Å². The molecular formula is C14H12Br3NOS. The van der Waals surface area contributed by atoms with Crippen LogP contribution in [0.1, 0.15) is 29.0 Å². The summed E-state index contributed by atoms with van der Waals surface area (Å²) in [7, 11) is 2.00. The summed E-state index contributed by atoms with van der Waals surface area (Å²) in [6, 6.07) is 8.63. The lowest BCUT2D eigenvalue weighted by Crippen LogP contribution is -2.26. The van der Waals surface area contributed by atoms with Crippen LogP contribution in [0.3, 0.4) is 0 Å². The molecule has 0 bridgehead atoms. The number of hydrogen-bond donors (Lipinski definition) is 1. The van der Waals surface area contributed by atoms with E-state index >= 15 is 0 Å². The van der Waals surface area contributed by atoms with Crippen molar-refractivity contribution in [1.82, 2.24) is 5.32 Å². The van der Waals surface area contributed by atoms with Crippen molar-refractivity contribution < 1.29 is 4.74 Å². The molecule has 0 saturated carbocycles. The number of halogens is 3. The normalized spacial score (nSPS) is 21.4. The van der Waals surface area contributed by atoms with Crippen LogP contribution < -0.4 is 10.1 Å². The van der Waals surface area contributed by atoms with Gasteiger partial charge in [-0.25, -0.2) is 0 Å². The van der Waals surface area contributed by atoms with E-state index in [0.29, 0.717) is 6.04 Å². The van der Waals surface area contributed by atoms with E-state index in [1.54, 1.807) is 11.3 Å². The largest absolute Gasteiger partial charge is 0.484 e. The van der Waals surface area contributed by atoms with Crippen LogP contribution in [0.25, 0.3) is 0 Å². The van der Waals surface area contributed by atoms with E-state index in [2.05, 4.69) is 65.2 Å². The van der Waals surface area contributed by atoms with Crippen LogP contribution in [0.4, 0.5) is 0 Å². The van der Waals surface area contributed by atoms with E-state index in [1.165, 1.54) is 10.4 Å². The van der Waals surface area contributed by atoms with Crippen LogP contribution in [0.15, 0.2) is 37.0 Å². The highest BCUT2D eigenvalue weighted by Crippen LogP contribution is 2.45. The van der Waals surface area contributed by atoms with Gasteiger partial charge in [0.2, 0.25) is 0 Å². The maximum atomic E-state index is 6.18. The Morgan fingerprint density at radius 2 is 2.05 bits per heavy atom. The Balaban J connectivity index is 1.96. The maximum absolute atomic E-state index is 6.18. The van der Waals surface area contributed by atoms with Gasteiger partial charge in [0.05, 0.1) is 3.79 Å². The summed E-state index contributed by atoms with van der Waals surface area (Å²) in [5.41, 5.74) is 1.22. The molecule has 6 heteroatoms. The fourth-order valence-electron chi connectivity index (χ4n) is 2.41. The molecule has 2 atom stereocenters. The van der Waals surface area contributed by atoms with Crippen LogP contribution >= 0.6 is 59.1 Å². The summed E-state index contributed by atoms with van der Waals surface area (Å²) < 4.78 is 9.46. The Hall–Kier alpha value is 0.120. The highest BCUT2D eigenvalue weighted by Gasteiger charge is 2.30. The monoisotopic (exact) mass is 479 g/mol. The molecule has 20 heavy (non-hydrogen) atoms. The van der Waals surface area contributed by atoms with Crippen molar-refractivity contribution in [3.05, 3.63) is 47.4 Å². The average molecular weight is 482 g/mol. The molecule has 1 aromatic heterocycles. The van der Waals surface area contributed by atoms with Gasteiger partial charge < -0.3 is 10.1 Å². The molecule has 0 saturated heterocycles. The Kier molecular flexibility index (Phi) is 4.57. The third-order valence-electron chi connectivity index (χ3n) is 3.40. The molecule has 0 aliphatic carbocycles. The Morgan fingerprint density at radius 3 is 2.70 bits per heavy atom. The van der Waals surface area contributed by atoms with Crippen molar-refractivity contribution >= 4 is 59.1 Å². The Morgan fingerprint density at radius 1 is 1.25 bits per heavy atom. The molecule has 106 valence electrons. The van der Waals surface area contributed by atoms with Crippen LogP contribution in [0.2, 0.25) is 0 Å². The van der Waals surface area contributed by atoms with Crippen molar-refractivity contribution in [2.45, 2.75) is 18.6 Å². The van der Waals surface area contributed by atoms with E-state index in [0.717, 1.165) is 24.9 Å². The zero-order valence-corrected chi connectivity index (χ0v) is 16.2. The molecule has 2 aromatic rings. The molecule has 2 heterocycles. The van der Waals surface area contributed by atoms with Gasteiger partial charge in [0.25, 0.3) is 0 Å². The minimum Gasteiger partial charge on any atom is -0.484 e. The van der Waals surface area contributed by atoms with Gasteiger partial charge in [0.1, 0.15) is 11.9 Å². The number of thiophene rings is 1. The number of hydrogen-bond acceptors (Lipinski definition) is 3. The first-order valence-corrected chi connectivity index (χ1v) is 9.36. The van der Waals surface area contributed by atoms with Gasteiger partial charge in [0.15, 0.2) is 0 Å². The number of rotatable bonds is 2. The fourth-order valence-corrected chi connectivity index (χ4v) is 4.92. The molecule has 1 aliphatic rings. The minimum absolute atomic E-state index is 0.0914. The summed E-state index contributed by atoms with van der Waals surface area (Å²) in [6.45, 7) is 0. The van der Waals surface area contributed by atoms with E-state index in [9.17, 15) is 0 Å². The lowest BCUT2D eigenvalue weighted by Gasteiger charge is -2.31. The lowest BCUT2D eigenvalue weighted by atomic mass is 9.96. The summed E-state index contributed by atoms with van der Waals surface area (Å²) in [6.07, 6.45) is 1.02. The summed E-state index contributed by atoms with van der Waals surface area (Å²) >= 11 is 12.3. The van der Waals surface area contributed by atoms with Gasteiger partial charge in [-0.2, -0.15) is 0 Å². The number of fused-ring (bicyclic) bond motifs is 1. The van der Waals surface area contributed by atoms with E-state index < -0.39 is 0 Å². The van der Waals surface area contributed by atoms with Gasteiger partial charge in [-0.15, -0.1) is 11.3 Å². The number of benzene rings is 1. The molecule has 0 radical (unpaired) electrons. The zero-order valence-electron chi connectivity index (χ0n) is 10.6. The van der Waals surface area contributed by atoms with Crippen molar-refractivity contribution in [2.75, 3.05) is 7.05 Å². The van der Waals surface area contributed by atoms with Gasteiger partial charge >= 0.3 is 0 Å². The van der Waals surface area contributed by atoms with E-state index in [4.69, 9.17) is 4.74 Å². The average Bonchev–Trinajstić information content (AvgIpc) is 2.77. The standard InChI is InChI=1S/C14H12Br3NOS/c1-18-10-6-12(13-5-9(16)14(17)20-13)19-11-3-2-7(15)4-8(10)11/h2-5,10,12,18H,6H2,1H3. The molecular weight excluding hydrogens is 470 g/mol. The molecule has 0 fully saturated rings. The molecule has 2 nitrogen and oxygen atoms in total. The second kappa shape index (κ2) is 6.08. The fraction of sp³-hybridized carbons (Fsp3) is 0.286. The summed E-state index contributed by atoms with van der Waals surface area (Å²) in [5, 5.41) is 3.39. The topological polar surface area (TPSA) is 21.3 Å². The Labute approximate surface area is 147 Å². The van der Waals surface area contributed by atoms with Gasteiger partial charge in [-0.3, -0.25) is 0 Å². The quantitative estimate of drug-likeness (QED) is 0.583. The highest BCUT2D eigenvalue weighted by molar-refractivity contribution is 9.13. The third-order valence-corrected chi connectivity index (χ3v) is 7.24. The lowest BCUT2D eigenvalue weighted by molar-refractivity contribution is 0.157. The maximum Gasteiger partial charge on any atom is 0.135 e. The van der Waals surface area contributed by atoms with E-state index in [1.807, 2.05) is 19.2 Å². The zero-order chi connectivity index (χ0) is 14.3. The SMILES string of the molecule is CNC1CC(c2cc(Br)c(Br)s2)Oc2ccc(Br)cc21. The third kappa shape index (κ3) is 2.86. The first-order valence-electron chi connectivity index (χ1n) is 6.16. The minimum atomic E-state index is 0.0914. The van der Waals surface area contributed by atoms with Crippen molar-refractivity contribution in [3.8, 4) is 5.75 Å². The summed E-state index contributed by atoms with van der Waals surface area (Å²) in [5.74, 6) is 0.962. The van der Waals surface area contributed by atoms with Gasteiger partial charge in [-0.05, 0) is 63.2 Å². The second-order valence-electron chi connectivity index (χ2n) is 4.64. The predicted molar refractivity (Wildman–Crippen MR) is 93.6 cm³/mol. The van der Waals surface area contributed by atoms with Crippen LogP contribution in [-0.2, 0) is 0 Å². The van der Waals surface area contributed by atoms with Gasteiger partial charge in [-0.1, -0.05) is 15.9 Å². The molecule has 1 N–H and O–H groups in total. The Bertz CT molecular complexity index is 624. The smallest absolute Gasteiger partial charge is 0.135 e. The van der Waals surface area contributed by atoms with Crippen molar-refractivity contribution in [3.63, 3.8) is 0 Å². The molecule has 0 spiro atoms. The van der Waals surface area contributed by atoms with Crippen LogP contribution in [0.5, 0.6) is 5.75 Å². The highest BCUT2D eigenvalue weighted by atomic mass is 79.9. The predicted octanol–water partition coefficient (Wildman–Crippen LogP) is 5.82. The number of ether oxygens (including phenoxy) is 1.